The van der Waals surface area contributed by atoms with E-state index in [1.54, 1.807) is 12.3 Å². The molecular weight excluding hydrogens is 320 g/mol. The lowest BCUT2D eigenvalue weighted by atomic mass is 10.3. The molecule has 0 atom stereocenters. The molecule has 1 aliphatic heterocycles. The smallest absolute Gasteiger partial charge is 0.311 e. The van der Waals surface area contributed by atoms with Gasteiger partial charge in [0.25, 0.3) is 0 Å². The number of H-pyrrole nitrogens is 1. The molecule has 0 amide bonds. The second-order valence-corrected chi connectivity index (χ2v) is 6.07. The first kappa shape index (κ1) is 15.5. The van der Waals surface area contributed by atoms with E-state index in [2.05, 4.69) is 19.9 Å². The number of hydrogen-bond acceptors (Lipinski definition) is 6. The molecule has 1 fully saturated rings. The summed E-state index contributed by atoms with van der Waals surface area (Å²) in [5, 5.41) is 11.2. The van der Waals surface area contributed by atoms with Crippen molar-refractivity contribution in [1.29, 1.82) is 0 Å². The number of piperazine rings is 1. The Balaban J connectivity index is 1.42. The number of aromatic amines is 1. The fourth-order valence-corrected chi connectivity index (χ4v) is 3.18. The number of nitrogens with zero attached hydrogens (tertiary/aromatic N) is 5. The van der Waals surface area contributed by atoms with Gasteiger partial charge in [-0.15, -0.1) is 0 Å². The van der Waals surface area contributed by atoms with Gasteiger partial charge in [-0.3, -0.25) is 15.0 Å². The van der Waals surface area contributed by atoms with Crippen LogP contribution < -0.4 is 4.90 Å². The summed E-state index contributed by atoms with van der Waals surface area (Å²) in [6, 6.07) is 11.1. The molecular formula is C17H18N6O2. The summed E-state index contributed by atoms with van der Waals surface area (Å²) < 4.78 is 0. The second-order valence-electron chi connectivity index (χ2n) is 6.07. The summed E-state index contributed by atoms with van der Waals surface area (Å²) >= 11 is 0. The Hall–Kier alpha value is -3.00. The van der Waals surface area contributed by atoms with Crippen molar-refractivity contribution in [3.05, 3.63) is 58.5 Å². The molecule has 2 aromatic heterocycles. The van der Waals surface area contributed by atoms with Crippen molar-refractivity contribution >= 4 is 22.5 Å². The van der Waals surface area contributed by atoms with Gasteiger partial charge in [-0.2, -0.15) is 0 Å². The Labute approximate surface area is 144 Å². The molecule has 0 aliphatic carbocycles. The van der Waals surface area contributed by atoms with E-state index in [0.29, 0.717) is 18.9 Å². The van der Waals surface area contributed by atoms with Crippen LogP contribution in [0.5, 0.6) is 0 Å². The van der Waals surface area contributed by atoms with Crippen LogP contribution in [0.15, 0.2) is 42.6 Å². The van der Waals surface area contributed by atoms with E-state index >= 15 is 0 Å². The third kappa shape index (κ3) is 3.16. The van der Waals surface area contributed by atoms with Gasteiger partial charge in [-0.05, 0) is 18.2 Å². The second kappa shape index (κ2) is 6.48. The number of pyridine rings is 1. The molecule has 4 rings (SSSR count). The number of rotatable bonds is 4. The van der Waals surface area contributed by atoms with E-state index in [1.165, 1.54) is 6.07 Å². The third-order valence-corrected chi connectivity index (χ3v) is 4.45. The highest BCUT2D eigenvalue weighted by molar-refractivity contribution is 5.74. The highest BCUT2D eigenvalue weighted by Crippen LogP contribution is 2.25. The van der Waals surface area contributed by atoms with Crippen molar-refractivity contribution in [2.75, 3.05) is 31.1 Å². The van der Waals surface area contributed by atoms with Crippen molar-refractivity contribution in [3.63, 3.8) is 0 Å². The number of anilines is 1. The van der Waals surface area contributed by atoms with Crippen LogP contribution >= 0.6 is 0 Å². The lowest BCUT2D eigenvalue weighted by molar-refractivity contribution is -0.384. The van der Waals surface area contributed by atoms with E-state index in [0.717, 1.165) is 36.5 Å². The average Bonchev–Trinajstić information content (AvgIpc) is 3.04. The molecule has 3 heterocycles. The van der Waals surface area contributed by atoms with Crippen LogP contribution in [0.25, 0.3) is 11.0 Å². The molecule has 8 nitrogen and oxygen atoms in total. The van der Waals surface area contributed by atoms with Crippen LogP contribution in [0.3, 0.4) is 0 Å². The number of nitro groups is 1. The lowest BCUT2D eigenvalue weighted by Gasteiger charge is -2.34. The Morgan fingerprint density at radius 3 is 2.68 bits per heavy atom. The quantitative estimate of drug-likeness (QED) is 0.579. The average molecular weight is 338 g/mol. The number of fused-ring (bicyclic) bond motifs is 1. The summed E-state index contributed by atoms with van der Waals surface area (Å²) in [4.78, 5) is 27.2. The van der Waals surface area contributed by atoms with Gasteiger partial charge >= 0.3 is 5.69 Å². The molecule has 8 heteroatoms. The molecule has 1 saturated heterocycles. The first-order chi connectivity index (χ1) is 12.2. The zero-order chi connectivity index (χ0) is 17.2. The molecule has 1 N–H and O–H groups in total. The zero-order valence-electron chi connectivity index (χ0n) is 13.6. The predicted octanol–water partition coefficient (Wildman–Crippen LogP) is 2.19. The Morgan fingerprint density at radius 2 is 1.92 bits per heavy atom. The number of aromatic nitrogens is 3. The van der Waals surface area contributed by atoms with Crippen LogP contribution in [-0.2, 0) is 6.54 Å². The highest BCUT2D eigenvalue weighted by Gasteiger charge is 2.24. The fraction of sp³-hybridized carbons (Fsp3) is 0.294. The summed E-state index contributed by atoms with van der Waals surface area (Å²) in [6.45, 7) is 3.78. The molecule has 1 aliphatic rings. The Morgan fingerprint density at radius 1 is 1.12 bits per heavy atom. The van der Waals surface area contributed by atoms with Crippen molar-refractivity contribution in [3.8, 4) is 0 Å². The number of para-hydroxylation sites is 2. The minimum absolute atomic E-state index is 0.0632. The number of benzene rings is 1. The maximum atomic E-state index is 11.2. The molecule has 0 radical (unpaired) electrons. The number of nitrogens with one attached hydrogen (secondary N) is 1. The van der Waals surface area contributed by atoms with E-state index in [-0.39, 0.29) is 10.6 Å². The Kier molecular flexibility index (Phi) is 4.02. The lowest BCUT2D eigenvalue weighted by Crippen LogP contribution is -2.46. The van der Waals surface area contributed by atoms with Crippen LogP contribution in [-0.4, -0.2) is 51.0 Å². The van der Waals surface area contributed by atoms with E-state index in [9.17, 15) is 10.1 Å². The van der Waals surface area contributed by atoms with E-state index in [4.69, 9.17) is 0 Å². The monoisotopic (exact) mass is 338 g/mol. The van der Waals surface area contributed by atoms with E-state index in [1.807, 2.05) is 29.2 Å². The predicted molar refractivity (Wildman–Crippen MR) is 94.5 cm³/mol. The summed E-state index contributed by atoms with van der Waals surface area (Å²) in [5.41, 5.74) is 2.08. The van der Waals surface area contributed by atoms with Gasteiger partial charge in [0.15, 0.2) is 0 Å². The van der Waals surface area contributed by atoms with Gasteiger partial charge in [0.2, 0.25) is 5.82 Å². The molecule has 0 bridgehead atoms. The van der Waals surface area contributed by atoms with Gasteiger partial charge in [0.1, 0.15) is 5.82 Å². The molecule has 0 spiro atoms. The minimum Gasteiger partial charge on any atom is -0.348 e. The fourth-order valence-electron chi connectivity index (χ4n) is 3.18. The van der Waals surface area contributed by atoms with Gasteiger partial charge in [-0.25, -0.2) is 9.97 Å². The summed E-state index contributed by atoms with van der Waals surface area (Å²) in [6.07, 6.45) is 1.60. The SMILES string of the molecule is O=[N+]([O-])c1cccnc1N1CCN(Cc2nc3ccccc3[nH]2)CC1. The van der Waals surface area contributed by atoms with Gasteiger partial charge in [-0.1, -0.05) is 12.1 Å². The molecule has 1 aromatic carbocycles. The molecule has 3 aromatic rings. The summed E-state index contributed by atoms with van der Waals surface area (Å²) in [5.74, 6) is 1.40. The van der Waals surface area contributed by atoms with Crippen molar-refractivity contribution < 1.29 is 4.92 Å². The van der Waals surface area contributed by atoms with Crippen molar-refractivity contribution in [2.24, 2.45) is 0 Å². The van der Waals surface area contributed by atoms with Crippen LogP contribution in [0.4, 0.5) is 11.5 Å². The largest absolute Gasteiger partial charge is 0.348 e. The first-order valence-corrected chi connectivity index (χ1v) is 8.21. The first-order valence-electron chi connectivity index (χ1n) is 8.21. The van der Waals surface area contributed by atoms with Gasteiger partial charge in [0, 0.05) is 38.4 Å². The minimum atomic E-state index is -0.372. The maximum absolute atomic E-state index is 11.2. The number of hydrogen-bond donors (Lipinski definition) is 1. The molecule has 0 saturated carbocycles. The molecule has 0 unspecified atom stereocenters. The van der Waals surface area contributed by atoms with Crippen LogP contribution in [0.2, 0.25) is 0 Å². The normalized spacial score (nSPS) is 15.6. The maximum Gasteiger partial charge on any atom is 0.311 e. The Bertz CT molecular complexity index is 868. The van der Waals surface area contributed by atoms with Crippen LogP contribution in [0, 0.1) is 10.1 Å². The topological polar surface area (TPSA) is 91.2 Å². The standard InChI is InChI=1S/C17H18N6O2/c24-23(25)15-6-3-7-18-17(15)22-10-8-21(9-11-22)12-16-19-13-4-1-2-5-14(13)20-16/h1-7H,8-12H2,(H,19,20). The zero-order valence-corrected chi connectivity index (χ0v) is 13.6. The van der Waals surface area contributed by atoms with Crippen LogP contribution in [0.1, 0.15) is 5.82 Å². The van der Waals surface area contributed by atoms with E-state index < -0.39 is 0 Å². The highest BCUT2D eigenvalue weighted by atomic mass is 16.6. The summed E-state index contributed by atoms with van der Waals surface area (Å²) in [7, 11) is 0. The number of imidazole rings is 1. The van der Waals surface area contributed by atoms with Crippen molar-refractivity contribution in [2.45, 2.75) is 6.54 Å². The third-order valence-electron chi connectivity index (χ3n) is 4.45. The van der Waals surface area contributed by atoms with Gasteiger partial charge < -0.3 is 9.88 Å². The van der Waals surface area contributed by atoms with Crippen molar-refractivity contribution in [1.82, 2.24) is 19.9 Å². The molecule has 128 valence electrons. The van der Waals surface area contributed by atoms with Gasteiger partial charge in [0.05, 0.1) is 22.5 Å². The molecule has 25 heavy (non-hydrogen) atoms.